The molecule has 1 aromatic heterocycles. The lowest BCUT2D eigenvalue weighted by atomic mass is 9.99. The number of rotatable bonds is 7. The minimum atomic E-state index is -0.245. The number of nitrogens with one attached hydrogen (secondary N) is 1. The van der Waals surface area contributed by atoms with Gasteiger partial charge in [-0.15, -0.1) is 11.8 Å². The predicted octanol–water partition coefficient (Wildman–Crippen LogP) is 5.27. The van der Waals surface area contributed by atoms with Gasteiger partial charge in [-0.05, 0) is 42.7 Å². The summed E-state index contributed by atoms with van der Waals surface area (Å²) in [7, 11) is 0. The molecule has 3 aromatic carbocycles. The molecule has 0 saturated carbocycles. The number of hydrogen-bond donors (Lipinski definition) is 1. The summed E-state index contributed by atoms with van der Waals surface area (Å²) in [5.74, 6) is 1.85. The van der Waals surface area contributed by atoms with Crippen LogP contribution in [-0.2, 0) is 9.59 Å². The van der Waals surface area contributed by atoms with Crippen LogP contribution >= 0.6 is 11.8 Å². The number of thioether (sulfide) groups is 1. The maximum atomic E-state index is 13.8. The molecule has 2 aliphatic heterocycles. The molecule has 0 spiro atoms. The second-order valence-electron chi connectivity index (χ2n) is 9.78. The summed E-state index contributed by atoms with van der Waals surface area (Å²) < 4.78 is 13.1. The number of ether oxygens (including phenoxy) is 2. The molecule has 1 atom stereocenters. The van der Waals surface area contributed by atoms with E-state index in [0.29, 0.717) is 23.9 Å². The van der Waals surface area contributed by atoms with Gasteiger partial charge in [0.1, 0.15) is 12.4 Å². The van der Waals surface area contributed by atoms with Crippen molar-refractivity contribution in [1.29, 1.82) is 0 Å². The highest BCUT2D eigenvalue weighted by Crippen LogP contribution is 2.50. The third kappa shape index (κ3) is 4.81. The van der Waals surface area contributed by atoms with E-state index in [2.05, 4.69) is 5.32 Å². The van der Waals surface area contributed by atoms with Gasteiger partial charge in [0.15, 0.2) is 11.5 Å². The molecular weight excluding hydrogens is 524 g/mol. The zero-order chi connectivity index (χ0) is 27.6. The number of nitrogens with zero attached hydrogens (tertiary/aromatic N) is 3. The predicted molar refractivity (Wildman–Crippen MR) is 156 cm³/mol. The molecule has 4 aromatic rings. The van der Waals surface area contributed by atoms with Crippen LogP contribution in [0.2, 0.25) is 0 Å². The van der Waals surface area contributed by atoms with Crippen LogP contribution in [0.1, 0.15) is 35.3 Å². The number of anilines is 1. The monoisotopic (exact) mass is 554 g/mol. The van der Waals surface area contributed by atoms with Crippen molar-refractivity contribution in [3.8, 4) is 28.4 Å². The van der Waals surface area contributed by atoms with Gasteiger partial charge in [0.05, 0.1) is 22.4 Å². The van der Waals surface area contributed by atoms with Crippen molar-refractivity contribution in [2.45, 2.75) is 25.5 Å². The normalized spacial score (nSPS) is 16.0. The first kappa shape index (κ1) is 26.0. The van der Waals surface area contributed by atoms with Crippen molar-refractivity contribution < 1.29 is 19.1 Å². The largest absolute Gasteiger partial charge is 0.454 e. The Balaban J connectivity index is 1.61. The number of benzene rings is 3. The Kier molecular flexibility index (Phi) is 7.21. The van der Waals surface area contributed by atoms with E-state index in [1.165, 1.54) is 11.8 Å². The molecule has 1 N–H and O–H groups in total. The van der Waals surface area contributed by atoms with Crippen LogP contribution in [0, 0.1) is 6.92 Å². The zero-order valence-corrected chi connectivity index (χ0v) is 23.2. The highest BCUT2D eigenvalue weighted by molar-refractivity contribution is 8.00. The highest BCUT2D eigenvalue weighted by atomic mass is 32.2. The lowest BCUT2D eigenvalue weighted by molar-refractivity contribution is -0.122. The summed E-state index contributed by atoms with van der Waals surface area (Å²) in [6.45, 7) is 4.66. The van der Waals surface area contributed by atoms with Gasteiger partial charge in [-0.3, -0.25) is 14.5 Å². The van der Waals surface area contributed by atoms with Crippen molar-refractivity contribution in [3.05, 3.63) is 89.5 Å². The summed E-state index contributed by atoms with van der Waals surface area (Å²) in [5, 5.41) is 7.85. The van der Waals surface area contributed by atoms with E-state index in [4.69, 9.17) is 14.6 Å². The van der Waals surface area contributed by atoms with Gasteiger partial charge in [0.25, 0.3) is 0 Å². The molecule has 0 saturated heterocycles. The molecule has 0 unspecified atom stereocenters. The van der Waals surface area contributed by atoms with Gasteiger partial charge >= 0.3 is 0 Å². The standard InChI is InChI=1S/C31H30N4O4S/c1-3-15-32-26(36)17-34-27(37)18-40-30(22-13-14-24-25(16-22)39-19-38-24)28-29(21-10-5-4-6-11-21)33-35(31(28)34)23-12-8-7-9-20(23)2/h4-14,16,30H,3,15,17-19H2,1-2H3,(H,32,36)/t30-/m0/s1. The van der Waals surface area contributed by atoms with Crippen LogP contribution in [0.5, 0.6) is 11.5 Å². The zero-order valence-electron chi connectivity index (χ0n) is 22.4. The first-order valence-corrected chi connectivity index (χ1v) is 14.4. The molecule has 3 heterocycles. The van der Waals surface area contributed by atoms with Crippen LogP contribution in [0.3, 0.4) is 0 Å². The molecule has 2 amide bonds. The van der Waals surface area contributed by atoms with Gasteiger partial charge < -0.3 is 14.8 Å². The fourth-order valence-corrected chi connectivity index (χ4v) is 6.29. The Morgan fingerprint density at radius 2 is 1.82 bits per heavy atom. The van der Waals surface area contributed by atoms with Crippen LogP contribution in [0.4, 0.5) is 5.82 Å². The Morgan fingerprint density at radius 3 is 2.62 bits per heavy atom. The van der Waals surface area contributed by atoms with Crippen molar-refractivity contribution >= 4 is 29.4 Å². The maximum absolute atomic E-state index is 13.8. The number of aromatic nitrogens is 2. The van der Waals surface area contributed by atoms with Gasteiger partial charge in [0, 0.05) is 17.7 Å². The molecule has 0 bridgehead atoms. The smallest absolute Gasteiger partial charge is 0.240 e. The average molecular weight is 555 g/mol. The lowest BCUT2D eigenvalue weighted by Crippen LogP contribution is -2.42. The van der Waals surface area contributed by atoms with Gasteiger partial charge in [-0.25, -0.2) is 4.68 Å². The van der Waals surface area contributed by atoms with Crippen LogP contribution < -0.4 is 19.7 Å². The van der Waals surface area contributed by atoms with E-state index in [-0.39, 0.29) is 36.2 Å². The number of fused-ring (bicyclic) bond motifs is 2. The van der Waals surface area contributed by atoms with Crippen molar-refractivity contribution in [2.75, 3.05) is 30.5 Å². The molecular formula is C31H30N4O4S. The maximum Gasteiger partial charge on any atom is 0.240 e. The topological polar surface area (TPSA) is 85.7 Å². The second kappa shape index (κ2) is 11.1. The van der Waals surface area contributed by atoms with E-state index in [1.54, 1.807) is 4.90 Å². The quantitative estimate of drug-likeness (QED) is 0.335. The number of hydrogen-bond acceptors (Lipinski definition) is 6. The Bertz CT molecular complexity index is 1570. The fraction of sp³-hybridized carbons (Fsp3) is 0.258. The number of carbonyl (C=O) groups excluding carboxylic acids is 2. The van der Waals surface area contributed by atoms with Crippen molar-refractivity contribution in [1.82, 2.24) is 15.1 Å². The molecule has 204 valence electrons. The third-order valence-electron chi connectivity index (χ3n) is 7.05. The van der Waals surface area contributed by atoms with Crippen LogP contribution in [0.15, 0.2) is 72.8 Å². The van der Waals surface area contributed by atoms with Crippen LogP contribution in [-0.4, -0.2) is 47.2 Å². The van der Waals surface area contributed by atoms with Crippen molar-refractivity contribution in [2.24, 2.45) is 0 Å². The Morgan fingerprint density at radius 1 is 1.05 bits per heavy atom. The Hall–Kier alpha value is -4.24. The molecule has 0 aliphatic carbocycles. The first-order valence-electron chi connectivity index (χ1n) is 13.4. The summed E-state index contributed by atoms with van der Waals surface area (Å²) >= 11 is 1.53. The molecule has 0 radical (unpaired) electrons. The summed E-state index contributed by atoms with van der Waals surface area (Å²) in [6.07, 6.45) is 0.812. The fourth-order valence-electron chi connectivity index (χ4n) is 5.10. The number of aryl methyl sites for hydroxylation is 1. The van der Waals surface area contributed by atoms with Crippen molar-refractivity contribution in [3.63, 3.8) is 0 Å². The lowest BCUT2D eigenvalue weighted by Gasteiger charge is -2.23. The minimum Gasteiger partial charge on any atom is -0.454 e. The summed E-state index contributed by atoms with van der Waals surface area (Å²) in [4.78, 5) is 28.4. The summed E-state index contributed by atoms with van der Waals surface area (Å²) in [6, 6.07) is 23.8. The molecule has 40 heavy (non-hydrogen) atoms. The summed E-state index contributed by atoms with van der Waals surface area (Å²) in [5.41, 5.74) is 5.41. The minimum absolute atomic E-state index is 0.0912. The van der Waals surface area contributed by atoms with Gasteiger partial charge in [-0.2, -0.15) is 5.10 Å². The van der Waals surface area contributed by atoms with Crippen LogP contribution in [0.25, 0.3) is 16.9 Å². The van der Waals surface area contributed by atoms with E-state index < -0.39 is 0 Å². The SMILES string of the molecule is CCCNC(=O)CN1C(=O)CS[C@@H](c2ccc3c(c2)OCO3)c2c(-c3ccccc3)nn(-c3ccccc3C)c21. The third-order valence-corrected chi connectivity index (χ3v) is 8.31. The molecule has 6 rings (SSSR count). The van der Waals surface area contributed by atoms with Gasteiger partial charge in [-0.1, -0.05) is 61.5 Å². The van der Waals surface area contributed by atoms with E-state index in [0.717, 1.165) is 40.1 Å². The molecule has 9 heteroatoms. The van der Waals surface area contributed by atoms with E-state index in [9.17, 15) is 9.59 Å². The second-order valence-corrected chi connectivity index (χ2v) is 10.9. The average Bonchev–Trinajstić information content (AvgIpc) is 3.57. The molecule has 8 nitrogen and oxygen atoms in total. The highest BCUT2D eigenvalue weighted by Gasteiger charge is 2.38. The number of carbonyl (C=O) groups is 2. The van der Waals surface area contributed by atoms with Gasteiger partial charge in [0.2, 0.25) is 18.6 Å². The Labute approximate surface area is 237 Å². The van der Waals surface area contributed by atoms with E-state index >= 15 is 0 Å². The van der Waals surface area contributed by atoms with E-state index in [1.807, 2.05) is 91.3 Å². The number of amides is 2. The molecule has 0 fully saturated rings. The first-order chi connectivity index (χ1) is 19.5. The number of para-hydroxylation sites is 1. The molecule has 2 aliphatic rings.